The fourth-order valence-corrected chi connectivity index (χ4v) is 7.60. The third-order valence-electron chi connectivity index (χ3n) is 8.86. The van der Waals surface area contributed by atoms with E-state index in [9.17, 15) is 19.2 Å². The van der Waals surface area contributed by atoms with Crippen LogP contribution in [0.3, 0.4) is 0 Å². The third-order valence-corrected chi connectivity index (χ3v) is 10.3. The highest BCUT2D eigenvalue weighted by Crippen LogP contribution is 2.39. The first-order valence-electron chi connectivity index (χ1n) is 15.8. The van der Waals surface area contributed by atoms with E-state index >= 15 is 0 Å². The van der Waals surface area contributed by atoms with Crippen LogP contribution in [0, 0.1) is 20.8 Å². The highest BCUT2D eigenvalue weighted by atomic mass is 35.5. The van der Waals surface area contributed by atoms with Crippen molar-refractivity contribution in [3.05, 3.63) is 97.3 Å². The van der Waals surface area contributed by atoms with Gasteiger partial charge in [-0.05, 0) is 57.0 Å². The summed E-state index contributed by atoms with van der Waals surface area (Å²) in [5.74, 6) is 0.209. The summed E-state index contributed by atoms with van der Waals surface area (Å²) in [5.41, 5.74) is 4.02. The topological polar surface area (TPSA) is 165 Å². The normalized spacial score (nSPS) is 17.2. The van der Waals surface area contributed by atoms with Crippen LogP contribution in [0.5, 0.6) is 0 Å². The van der Waals surface area contributed by atoms with Crippen molar-refractivity contribution in [2.24, 2.45) is 4.99 Å². The van der Waals surface area contributed by atoms with Crippen molar-refractivity contribution in [2.75, 3.05) is 18.4 Å². The maximum absolute atomic E-state index is 13.4. The second kappa shape index (κ2) is 13.0. The Hall–Kier alpha value is -5.21. The Bertz CT molecular complexity index is 2240. The van der Waals surface area contributed by atoms with Gasteiger partial charge in [0.15, 0.2) is 5.82 Å². The van der Waals surface area contributed by atoms with E-state index in [1.54, 1.807) is 23.5 Å². The summed E-state index contributed by atoms with van der Waals surface area (Å²) < 4.78 is 3.14. The molecule has 1 saturated heterocycles. The van der Waals surface area contributed by atoms with E-state index in [0.717, 1.165) is 37.0 Å². The number of piperidine rings is 1. The third kappa shape index (κ3) is 6.02. The summed E-state index contributed by atoms with van der Waals surface area (Å²) in [6, 6.07) is 11.3. The smallest absolute Gasteiger partial charge is 0.275 e. The molecule has 3 amide bonds. The lowest BCUT2D eigenvalue weighted by Crippen LogP contribution is -2.45. The Balaban J connectivity index is 1.07. The summed E-state index contributed by atoms with van der Waals surface area (Å²) in [7, 11) is 0. The second-order valence-electron chi connectivity index (χ2n) is 12.0. The lowest BCUT2D eigenvalue weighted by Gasteiger charge is -2.22. The molecule has 250 valence electrons. The molecule has 0 bridgehead atoms. The van der Waals surface area contributed by atoms with Crippen LogP contribution in [0.1, 0.15) is 64.6 Å². The van der Waals surface area contributed by atoms with Gasteiger partial charge in [0.25, 0.3) is 11.5 Å². The molecule has 3 N–H and O–H groups in total. The van der Waals surface area contributed by atoms with Crippen LogP contribution < -0.4 is 21.5 Å². The quantitative estimate of drug-likeness (QED) is 0.161. The Morgan fingerprint density at radius 2 is 1.84 bits per heavy atom. The molecule has 0 aliphatic carbocycles. The zero-order chi connectivity index (χ0) is 34.4. The molecule has 0 saturated carbocycles. The van der Waals surface area contributed by atoms with Gasteiger partial charge in [-0.25, -0.2) is 4.68 Å². The summed E-state index contributed by atoms with van der Waals surface area (Å²) in [5, 5.41) is 24.2. The van der Waals surface area contributed by atoms with Gasteiger partial charge >= 0.3 is 0 Å². The number of hydrogen-bond donors (Lipinski definition) is 3. The standard InChI is InChI=1S/C34H32ClN9O4S/c1-17-18(2)49-34-29(17)30(20-7-9-21(35)10-8-20)39-25(31-42-41-19(3)43(31)34)15-28(46)37-14-13-36-24-6-4-5-22-23(24)16-38-44(33(22)48)26-11-12-27(45)40-32(26)47/h4-10,16,25-26,36H,11-15H2,1-3H3,(H,37,46)(H,40,45,47)/t25-,26?/m0/s1. The van der Waals surface area contributed by atoms with Crippen LogP contribution in [0.4, 0.5) is 5.69 Å². The van der Waals surface area contributed by atoms with Crippen molar-refractivity contribution in [1.82, 2.24) is 35.2 Å². The van der Waals surface area contributed by atoms with Crippen molar-refractivity contribution in [2.45, 2.75) is 52.1 Å². The summed E-state index contributed by atoms with van der Waals surface area (Å²) in [4.78, 5) is 56.9. The first kappa shape index (κ1) is 32.3. The largest absolute Gasteiger partial charge is 0.383 e. The molecule has 5 heterocycles. The number of aromatic nitrogens is 5. The number of aliphatic imine (C=N–C) groups is 1. The molecule has 3 aromatic heterocycles. The number of amides is 3. The van der Waals surface area contributed by atoms with Gasteiger partial charge in [0, 0.05) is 51.6 Å². The predicted molar refractivity (Wildman–Crippen MR) is 187 cm³/mol. The molecule has 15 heteroatoms. The van der Waals surface area contributed by atoms with Crippen LogP contribution in [0.2, 0.25) is 5.02 Å². The first-order chi connectivity index (χ1) is 23.6. The average molecular weight is 698 g/mol. The monoisotopic (exact) mass is 697 g/mol. The van der Waals surface area contributed by atoms with Gasteiger partial charge in [-0.2, -0.15) is 5.10 Å². The molecular weight excluding hydrogens is 666 g/mol. The van der Waals surface area contributed by atoms with E-state index in [1.165, 1.54) is 6.20 Å². The molecule has 5 aromatic rings. The average Bonchev–Trinajstić information content (AvgIpc) is 3.56. The highest BCUT2D eigenvalue weighted by Gasteiger charge is 2.33. The number of anilines is 1. The predicted octanol–water partition coefficient (Wildman–Crippen LogP) is 4.11. The Kier molecular flexibility index (Phi) is 8.59. The fourth-order valence-electron chi connectivity index (χ4n) is 6.26. The van der Waals surface area contributed by atoms with Gasteiger partial charge in [-0.15, -0.1) is 21.5 Å². The maximum atomic E-state index is 13.4. The number of hydrogen-bond acceptors (Lipinski definition) is 10. The lowest BCUT2D eigenvalue weighted by molar-refractivity contribution is -0.136. The molecule has 2 aromatic carbocycles. The van der Waals surface area contributed by atoms with Crippen LogP contribution in [-0.2, 0) is 14.4 Å². The van der Waals surface area contributed by atoms with Crippen LogP contribution in [0.15, 0.2) is 58.4 Å². The number of thiophene rings is 1. The molecule has 0 radical (unpaired) electrons. The first-order valence-corrected chi connectivity index (χ1v) is 17.0. The number of carbonyl (C=O) groups is 3. The Morgan fingerprint density at radius 3 is 2.61 bits per heavy atom. The number of imide groups is 1. The van der Waals surface area contributed by atoms with Gasteiger partial charge < -0.3 is 10.6 Å². The number of fused-ring (bicyclic) bond motifs is 4. The fraction of sp³-hybridized carbons (Fsp3) is 0.294. The van der Waals surface area contributed by atoms with Crippen LogP contribution >= 0.6 is 22.9 Å². The molecule has 2 aliphatic heterocycles. The van der Waals surface area contributed by atoms with Crippen molar-refractivity contribution in [3.63, 3.8) is 0 Å². The van der Waals surface area contributed by atoms with Gasteiger partial charge in [0.2, 0.25) is 11.8 Å². The summed E-state index contributed by atoms with van der Waals surface area (Å²) in [6.45, 7) is 6.73. The number of aryl methyl sites for hydroxylation is 2. The van der Waals surface area contributed by atoms with Crippen molar-refractivity contribution in [3.8, 4) is 5.00 Å². The number of nitrogens with zero attached hydrogens (tertiary/aromatic N) is 6. The Morgan fingerprint density at radius 1 is 1.04 bits per heavy atom. The molecule has 1 unspecified atom stereocenters. The molecule has 2 aliphatic rings. The molecule has 2 atom stereocenters. The molecule has 13 nitrogen and oxygen atoms in total. The van der Waals surface area contributed by atoms with Crippen molar-refractivity contribution in [1.29, 1.82) is 0 Å². The minimum absolute atomic E-state index is 0.0558. The summed E-state index contributed by atoms with van der Waals surface area (Å²) >= 11 is 7.86. The minimum Gasteiger partial charge on any atom is -0.383 e. The van der Waals surface area contributed by atoms with Crippen LogP contribution in [0.25, 0.3) is 15.8 Å². The van der Waals surface area contributed by atoms with E-state index in [1.807, 2.05) is 41.8 Å². The summed E-state index contributed by atoms with van der Waals surface area (Å²) in [6.07, 6.45) is 1.94. The van der Waals surface area contributed by atoms with Gasteiger partial charge in [-0.3, -0.25) is 34.1 Å². The van der Waals surface area contributed by atoms with Gasteiger partial charge in [-0.1, -0.05) is 29.8 Å². The minimum atomic E-state index is -0.848. The zero-order valence-electron chi connectivity index (χ0n) is 26.9. The second-order valence-corrected chi connectivity index (χ2v) is 13.7. The van der Waals surface area contributed by atoms with E-state index in [4.69, 9.17) is 16.6 Å². The molecule has 1 fully saturated rings. The lowest BCUT2D eigenvalue weighted by atomic mass is 9.99. The van der Waals surface area contributed by atoms with E-state index < -0.39 is 23.6 Å². The molecular formula is C34H32ClN9O4S. The van der Waals surface area contributed by atoms with Crippen molar-refractivity contribution < 1.29 is 14.4 Å². The number of benzene rings is 2. The molecule has 49 heavy (non-hydrogen) atoms. The van der Waals surface area contributed by atoms with E-state index in [0.29, 0.717) is 46.2 Å². The Labute approximate surface area is 289 Å². The highest BCUT2D eigenvalue weighted by molar-refractivity contribution is 7.15. The van der Waals surface area contributed by atoms with E-state index in [2.05, 4.69) is 45.1 Å². The number of halogens is 1. The van der Waals surface area contributed by atoms with Gasteiger partial charge in [0.1, 0.15) is 22.9 Å². The number of rotatable bonds is 8. The van der Waals surface area contributed by atoms with E-state index in [-0.39, 0.29) is 31.1 Å². The SMILES string of the molecule is Cc1sc2c(c1C)C(c1ccc(Cl)cc1)=N[C@@H](CC(=O)NCCNc1cccc3c(=O)n(C4CCC(=O)NC4=O)ncc13)c1nnc(C)n1-2. The van der Waals surface area contributed by atoms with Crippen LogP contribution in [-0.4, -0.2) is 61.1 Å². The zero-order valence-corrected chi connectivity index (χ0v) is 28.5. The molecule has 0 spiro atoms. The van der Waals surface area contributed by atoms with Crippen molar-refractivity contribution >= 4 is 62.8 Å². The molecule has 7 rings (SSSR count). The van der Waals surface area contributed by atoms with Gasteiger partial charge in [0.05, 0.1) is 23.7 Å². The maximum Gasteiger partial charge on any atom is 0.275 e. The number of nitrogens with one attached hydrogen (secondary N) is 3. The number of carbonyl (C=O) groups excluding carboxylic acids is 3.